The summed E-state index contributed by atoms with van der Waals surface area (Å²) in [5.41, 5.74) is 4.22. The van der Waals surface area contributed by atoms with Crippen LogP contribution < -0.4 is 0 Å². The third-order valence-corrected chi connectivity index (χ3v) is 5.42. The summed E-state index contributed by atoms with van der Waals surface area (Å²) in [6.45, 7) is 2.93. The highest BCUT2D eigenvalue weighted by atomic mass is 16.2. The quantitative estimate of drug-likeness (QED) is 0.520. The predicted molar refractivity (Wildman–Crippen MR) is 111 cm³/mol. The van der Waals surface area contributed by atoms with Crippen LogP contribution in [0.2, 0.25) is 0 Å². The first-order chi connectivity index (χ1) is 13.5. The van der Waals surface area contributed by atoms with E-state index in [9.17, 15) is 4.79 Å². The van der Waals surface area contributed by atoms with Crippen molar-refractivity contribution in [3.8, 4) is 0 Å². The second kappa shape index (κ2) is 7.46. The van der Waals surface area contributed by atoms with E-state index in [2.05, 4.69) is 21.3 Å². The summed E-state index contributed by atoms with van der Waals surface area (Å²) in [6, 6.07) is 16.2. The molecule has 2 aromatic heterocycles. The van der Waals surface area contributed by atoms with Gasteiger partial charge in [-0.25, -0.2) is 9.97 Å². The summed E-state index contributed by atoms with van der Waals surface area (Å²) in [4.78, 5) is 23.5. The van der Waals surface area contributed by atoms with Crippen LogP contribution in [0.25, 0.3) is 22.1 Å². The van der Waals surface area contributed by atoms with E-state index in [1.54, 1.807) is 6.92 Å². The number of aryl methyl sites for hydroxylation is 2. The molecule has 0 aliphatic heterocycles. The Hall–Kier alpha value is -3.15. The first-order valence-corrected chi connectivity index (χ1v) is 9.61. The SMILES string of the molecule is CC(=O)N(CCc1nc2ccccc2n1C)CCc1nc2ccccc2n1C. The Kier molecular flexibility index (Phi) is 4.86. The van der Waals surface area contributed by atoms with Crippen LogP contribution in [0.1, 0.15) is 18.6 Å². The molecular formula is C22H25N5O. The summed E-state index contributed by atoms with van der Waals surface area (Å²) in [5, 5.41) is 0. The van der Waals surface area contributed by atoms with Crippen LogP contribution in [-0.2, 0) is 31.7 Å². The van der Waals surface area contributed by atoms with E-state index in [-0.39, 0.29) is 5.91 Å². The maximum atomic E-state index is 12.2. The summed E-state index contributed by atoms with van der Waals surface area (Å²) in [6.07, 6.45) is 1.46. The fourth-order valence-electron chi connectivity index (χ4n) is 3.73. The number of fused-ring (bicyclic) bond motifs is 2. The highest BCUT2D eigenvalue weighted by Gasteiger charge is 2.14. The lowest BCUT2D eigenvalue weighted by atomic mass is 10.3. The molecule has 2 heterocycles. The second-order valence-corrected chi connectivity index (χ2v) is 7.16. The van der Waals surface area contributed by atoms with Gasteiger partial charge in [0.1, 0.15) is 11.6 Å². The number of aromatic nitrogens is 4. The smallest absolute Gasteiger partial charge is 0.219 e. The van der Waals surface area contributed by atoms with E-state index in [4.69, 9.17) is 9.97 Å². The number of para-hydroxylation sites is 4. The molecule has 0 atom stereocenters. The van der Waals surface area contributed by atoms with Gasteiger partial charge in [0.05, 0.1) is 22.1 Å². The Bertz CT molecular complexity index is 1060. The molecule has 0 saturated heterocycles. The van der Waals surface area contributed by atoms with Crippen molar-refractivity contribution < 1.29 is 4.79 Å². The van der Waals surface area contributed by atoms with E-state index in [1.165, 1.54) is 0 Å². The second-order valence-electron chi connectivity index (χ2n) is 7.16. The van der Waals surface area contributed by atoms with Crippen LogP contribution in [0, 0.1) is 0 Å². The predicted octanol–water partition coefficient (Wildman–Crippen LogP) is 3.09. The molecule has 0 aliphatic rings. The summed E-state index contributed by atoms with van der Waals surface area (Å²) >= 11 is 0. The fraction of sp³-hybridized carbons (Fsp3) is 0.318. The third-order valence-electron chi connectivity index (χ3n) is 5.42. The molecule has 0 spiro atoms. The Morgan fingerprint density at radius 3 is 1.64 bits per heavy atom. The number of hydrogen-bond donors (Lipinski definition) is 0. The minimum Gasteiger partial charge on any atom is -0.342 e. The van der Waals surface area contributed by atoms with Gasteiger partial charge in [0.25, 0.3) is 0 Å². The molecule has 0 unspecified atom stereocenters. The zero-order valence-electron chi connectivity index (χ0n) is 16.6. The monoisotopic (exact) mass is 375 g/mol. The summed E-state index contributed by atoms with van der Waals surface area (Å²) < 4.78 is 4.22. The van der Waals surface area contributed by atoms with Crippen molar-refractivity contribution in [3.63, 3.8) is 0 Å². The number of carbonyl (C=O) groups is 1. The van der Waals surface area contributed by atoms with E-state index in [0.29, 0.717) is 13.1 Å². The first kappa shape index (κ1) is 18.2. The Morgan fingerprint density at radius 2 is 1.25 bits per heavy atom. The van der Waals surface area contributed by atoms with Crippen LogP contribution in [-0.4, -0.2) is 43.0 Å². The maximum Gasteiger partial charge on any atom is 0.219 e. The Balaban J connectivity index is 1.46. The molecule has 144 valence electrons. The standard InChI is InChI=1S/C22H25N5O/c1-16(28)27(14-12-21-23-17-8-4-6-10-19(17)25(21)2)15-13-22-24-18-9-5-7-11-20(18)26(22)3/h4-11H,12-15H2,1-3H3. The van der Waals surface area contributed by atoms with Crippen LogP contribution in [0.3, 0.4) is 0 Å². The lowest BCUT2D eigenvalue weighted by Gasteiger charge is -2.20. The number of amides is 1. The molecule has 2 aromatic carbocycles. The zero-order chi connectivity index (χ0) is 19.7. The molecule has 6 heteroatoms. The van der Waals surface area contributed by atoms with Crippen LogP contribution in [0.15, 0.2) is 48.5 Å². The lowest BCUT2D eigenvalue weighted by Crippen LogP contribution is -2.33. The average Bonchev–Trinajstić information content (AvgIpc) is 3.19. The van der Waals surface area contributed by atoms with Crippen molar-refractivity contribution in [2.24, 2.45) is 14.1 Å². The molecule has 4 aromatic rings. The number of hydrogen-bond acceptors (Lipinski definition) is 3. The number of imidazole rings is 2. The van der Waals surface area contributed by atoms with Crippen LogP contribution in [0.4, 0.5) is 0 Å². The van der Waals surface area contributed by atoms with E-state index < -0.39 is 0 Å². The number of nitrogens with zero attached hydrogens (tertiary/aromatic N) is 5. The molecule has 4 rings (SSSR count). The van der Waals surface area contributed by atoms with Gasteiger partial charge in [-0.1, -0.05) is 24.3 Å². The van der Waals surface area contributed by atoms with Gasteiger partial charge in [0.2, 0.25) is 5.91 Å². The van der Waals surface area contributed by atoms with E-state index in [1.807, 2.05) is 55.4 Å². The minimum atomic E-state index is 0.0810. The van der Waals surface area contributed by atoms with Crippen LogP contribution in [0.5, 0.6) is 0 Å². The fourth-order valence-corrected chi connectivity index (χ4v) is 3.73. The van der Waals surface area contributed by atoms with E-state index >= 15 is 0 Å². The molecule has 0 fully saturated rings. The maximum absolute atomic E-state index is 12.2. The Morgan fingerprint density at radius 1 is 0.821 bits per heavy atom. The van der Waals surface area contributed by atoms with Crippen LogP contribution >= 0.6 is 0 Å². The van der Waals surface area contributed by atoms with Gasteiger partial charge in [-0.05, 0) is 24.3 Å². The lowest BCUT2D eigenvalue weighted by molar-refractivity contribution is -0.128. The van der Waals surface area contributed by atoms with E-state index in [0.717, 1.165) is 46.6 Å². The molecule has 28 heavy (non-hydrogen) atoms. The normalized spacial score (nSPS) is 11.4. The van der Waals surface area contributed by atoms with Gasteiger partial charge < -0.3 is 14.0 Å². The highest BCUT2D eigenvalue weighted by Crippen LogP contribution is 2.16. The largest absolute Gasteiger partial charge is 0.342 e. The van der Waals surface area contributed by atoms with Crippen molar-refractivity contribution in [1.29, 1.82) is 0 Å². The van der Waals surface area contributed by atoms with Gasteiger partial charge in [0, 0.05) is 47.0 Å². The molecule has 0 N–H and O–H groups in total. The number of carbonyl (C=O) groups excluding carboxylic acids is 1. The van der Waals surface area contributed by atoms with Crippen molar-refractivity contribution in [1.82, 2.24) is 24.0 Å². The molecule has 0 radical (unpaired) electrons. The summed E-state index contributed by atoms with van der Waals surface area (Å²) in [5.74, 6) is 2.07. The molecule has 6 nitrogen and oxygen atoms in total. The average molecular weight is 375 g/mol. The number of rotatable bonds is 6. The minimum absolute atomic E-state index is 0.0810. The van der Waals surface area contributed by atoms with Crippen molar-refractivity contribution in [2.75, 3.05) is 13.1 Å². The van der Waals surface area contributed by atoms with Gasteiger partial charge in [-0.15, -0.1) is 0 Å². The van der Waals surface area contributed by atoms with Gasteiger partial charge in [0.15, 0.2) is 0 Å². The Labute approximate surface area is 164 Å². The molecule has 0 bridgehead atoms. The summed E-state index contributed by atoms with van der Waals surface area (Å²) in [7, 11) is 4.06. The zero-order valence-corrected chi connectivity index (χ0v) is 16.6. The van der Waals surface area contributed by atoms with Gasteiger partial charge >= 0.3 is 0 Å². The van der Waals surface area contributed by atoms with Crippen molar-refractivity contribution >= 4 is 28.0 Å². The van der Waals surface area contributed by atoms with Gasteiger partial charge in [-0.3, -0.25) is 4.79 Å². The van der Waals surface area contributed by atoms with Crippen molar-refractivity contribution in [2.45, 2.75) is 19.8 Å². The topological polar surface area (TPSA) is 56.0 Å². The molecule has 1 amide bonds. The van der Waals surface area contributed by atoms with Crippen molar-refractivity contribution in [3.05, 3.63) is 60.2 Å². The van der Waals surface area contributed by atoms with Gasteiger partial charge in [-0.2, -0.15) is 0 Å². The molecular weight excluding hydrogens is 350 g/mol. The first-order valence-electron chi connectivity index (χ1n) is 9.61. The number of benzene rings is 2. The third kappa shape index (κ3) is 3.38. The molecule has 0 saturated carbocycles. The highest BCUT2D eigenvalue weighted by molar-refractivity contribution is 5.76. The molecule has 0 aliphatic carbocycles.